The van der Waals surface area contributed by atoms with Crippen LogP contribution in [0.5, 0.6) is 0 Å². The van der Waals surface area contributed by atoms with Gasteiger partial charge < -0.3 is 37.6 Å². The third kappa shape index (κ3) is 9.25. The number of hydrogen-bond donors (Lipinski definition) is 7. The second-order valence-electron chi connectivity index (χ2n) is 8.04. The van der Waals surface area contributed by atoms with Crippen LogP contribution < -0.4 is 37.6 Å². The molecule has 0 fully saturated rings. The van der Waals surface area contributed by atoms with E-state index in [4.69, 9.17) is 5.73 Å². The van der Waals surface area contributed by atoms with E-state index in [9.17, 15) is 0 Å². The molecule has 0 spiro atoms. The zero-order valence-electron chi connectivity index (χ0n) is 22.5. The molecule has 3 rings (SSSR count). The summed E-state index contributed by atoms with van der Waals surface area (Å²) in [5, 5.41) is 18.8. The van der Waals surface area contributed by atoms with Crippen LogP contribution in [0.4, 0.5) is 41.6 Å². The summed E-state index contributed by atoms with van der Waals surface area (Å²) in [6.45, 7) is 9.38. The number of nitrogens with two attached hydrogens (primary N) is 1. The highest BCUT2D eigenvalue weighted by molar-refractivity contribution is 5.40. The minimum atomic E-state index is 0.165. The molecule has 206 valence electrons. The minimum absolute atomic E-state index is 0.165. The molecular weight excluding hydrogens is 488 g/mol. The van der Waals surface area contributed by atoms with Gasteiger partial charge in [0.2, 0.25) is 41.6 Å². The van der Waals surface area contributed by atoms with Gasteiger partial charge in [0.05, 0.1) is 0 Å². The quantitative estimate of drug-likeness (QED) is 0.123. The van der Waals surface area contributed by atoms with Gasteiger partial charge in [0.25, 0.3) is 0 Å². The van der Waals surface area contributed by atoms with Crippen molar-refractivity contribution < 1.29 is 0 Å². The van der Waals surface area contributed by atoms with Crippen LogP contribution in [0, 0.1) is 0 Å². The fourth-order valence-corrected chi connectivity index (χ4v) is 3.33. The van der Waals surface area contributed by atoms with Crippen molar-refractivity contribution in [1.82, 2.24) is 44.9 Å². The van der Waals surface area contributed by atoms with Crippen LogP contribution in [0.1, 0.15) is 45.3 Å². The molecule has 0 aromatic carbocycles. The van der Waals surface area contributed by atoms with Gasteiger partial charge in [-0.15, -0.1) is 0 Å². The Hall–Kier alpha value is -4.37. The van der Waals surface area contributed by atoms with E-state index in [1.54, 1.807) is 7.05 Å². The Kier molecular flexibility index (Phi) is 11.1. The van der Waals surface area contributed by atoms with Crippen molar-refractivity contribution in [3.63, 3.8) is 0 Å². The first kappa shape index (κ1) is 28.2. The molecule has 0 bridgehead atoms. The van der Waals surface area contributed by atoms with Crippen LogP contribution >= 0.6 is 0 Å². The molecule has 0 radical (unpaired) electrons. The molecule has 0 aliphatic heterocycles. The Morgan fingerprint density at radius 2 is 0.868 bits per heavy atom. The Morgan fingerprint density at radius 1 is 0.500 bits per heavy atom. The number of hydrogen-bond acceptors (Lipinski definition) is 16. The number of aryl methyl sites for hydroxylation is 2. The smallest absolute Gasteiger partial charge is 0.229 e. The molecule has 0 aliphatic carbocycles. The highest BCUT2D eigenvalue weighted by Gasteiger charge is 2.09. The lowest BCUT2D eigenvalue weighted by molar-refractivity contribution is 0.768. The van der Waals surface area contributed by atoms with Crippen molar-refractivity contribution in [2.24, 2.45) is 0 Å². The number of nitrogens with one attached hydrogen (secondary N) is 6. The number of rotatable bonds is 17. The van der Waals surface area contributed by atoms with E-state index in [0.717, 1.165) is 25.2 Å². The summed E-state index contributed by atoms with van der Waals surface area (Å²) in [5.41, 5.74) is 5.76. The van der Waals surface area contributed by atoms with Gasteiger partial charge in [0.15, 0.2) is 0 Å². The molecule has 0 saturated heterocycles. The van der Waals surface area contributed by atoms with Crippen LogP contribution in [0.3, 0.4) is 0 Å². The second kappa shape index (κ2) is 15.0. The van der Waals surface area contributed by atoms with Gasteiger partial charge in [-0.25, -0.2) is 0 Å². The van der Waals surface area contributed by atoms with E-state index in [-0.39, 0.29) is 5.95 Å². The lowest BCUT2D eigenvalue weighted by atomic mass is 10.3. The number of aromatic nitrogens is 9. The summed E-state index contributed by atoms with van der Waals surface area (Å²) in [7, 11) is 1.79. The van der Waals surface area contributed by atoms with E-state index >= 15 is 0 Å². The molecule has 0 aliphatic rings. The highest BCUT2D eigenvalue weighted by Crippen LogP contribution is 2.11. The molecule has 38 heavy (non-hydrogen) atoms. The zero-order chi connectivity index (χ0) is 27.2. The van der Waals surface area contributed by atoms with Crippen LogP contribution in [0.15, 0.2) is 0 Å². The highest BCUT2D eigenvalue weighted by atomic mass is 15.3. The van der Waals surface area contributed by atoms with Crippen molar-refractivity contribution in [3.8, 4) is 0 Å². The third-order valence-electron chi connectivity index (χ3n) is 4.96. The molecule has 0 amide bonds. The zero-order valence-corrected chi connectivity index (χ0v) is 22.5. The molecule has 0 atom stereocenters. The molecular formula is C22H38N16. The maximum Gasteiger partial charge on any atom is 0.229 e. The number of nitrogen functional groups attached to an aromatic ring is 1. The summed E-state index contributed by atoms with van der Waals surface area (Å²) in [4.78, 5) is 39.3. The summed E-state index contributed by atoms with van der Waals surface area (Å²) < 4.78 is 0. The van der Waals surface area contributed by atoms with E-state index < -0.39 is 0 Å². The lowest BCUT2D eigenvalue weighted by Gasteiger charge is -2.10. The minimum Gasteiger partial charge on any atom is -0.368 e. The average Bonchev–Trinajstić information content (AvgIpc) is 2.89. The Labute approximate surface area is 222 Å². The van der Waals surface area contributed by atoms with Crippen LogP contribution in [-0.4, -0.2) is 84.6 Å². The van der Waals surface area contributed by atoms with Crippen LogP contribution in [0.2, 0.25) is 0 Å². The molecule has 8 N–H and O–H groups in total. The first-order valence-corrected chi connectivity index (χ1v) is 12.9. The first-order chi connectivity index (χ1) is 18.5. The molecule has 3 heterocycles. The van der Waals surface area contributed by atoms with Gasteiger partial charge in [0, 0.05) is 52.6 Å². The largest absolute Gasteiger partial charge is 0.368 e. The van der Waals surface area contributed by atoms with Gasteiger partial charge in [-0.3, -0.25) is 0 Å². The molecule has 3 aromatic rings. The normalized spacial score (nSPS) is 10.6. The van der Waals surface area contributed by atoms with E-state index in [1.807, 2.05) is 20.8 Å². The van der Waals surface area contributed by atoms with Crippen LogP contribution in [-0.2, 0) is 12.8 Å². The van der Waals surface area contributed by atoms with E-state index in [1.165, 1.54) is 0 Å². The SMILES string of the molecule is CCNc1nc(CCCNc2nc(CCCNc3nc(N)nc(NCC)n3)nc(NCC)n2)nc(NC)n1. The summed E-state index contributed by atoms with van der Waals surface area (Å²) in [5.74, 6) is 4.63. The second-order valence-corrected chi connectivity index (χ2v) is 8.04. The van der Waals surface area contributed by atoms with Gasteiger partial charge in [0.1, 0.15) is 11.6 Å². The topological polar surface area (TPSA) is 214 Å². The summed E-state index contributed by atoms with van der Waals surface area (Å²) in [6.07, 6.45) is 2.89. The molecule has 16 heteroatoms. The predicted molar refractivity (Wildman–Crippen MR) is 150 cm³/mol. The average molecular weight is 527 g/mol. The standard InChI is InChI=1S/C22H38N16/c1-5-25-18-31-14(30-17(24-4)36-18)10-8-12-28-21-33-15(32-19(37-21)26-6-2)11-9-13-29-22-35-16(23)34-20(38-22)27-7-3/h5-13H2,1-4H3,(H2,24,25,30,31,36)(H2,26,28,32,33,37)(H4,23,27,29,34,35,38). The van der Waals surface area contributed by atoms with Gasteiger partial charge in [-0.1, -0.05) is 0 Å². The summed E-state index contributed by atoms with van der Waals surface area (Å²) in [6, 6.07) is 0. The van der Waals surface area contributed by atoms with Crippen molar-refractivity contribution >= 4 is 41.6 Å². The molecule has 3 aromatic heterocycles. The van der Waals surface area contributed by atoms with Crippen LogP contribution in [0.25, 0.3) is 0 Å². The molecule has 0 saturated carbocycles. The van der Waals surface area contributed by atoms with E-state index in [2.05, 4.69) is 76.8 Å². The van der Waals surface area contributed by atoms with Crippen molar-refractivity contribution in [3.05, 3.63) is 11.6 Å². The van der Waals surface area contributed by atoms with Crippen molar-refractivity contribution in [2.45, 2.75) is 46.5 Å². The Balaban J connectivity index is 1.52. The predicted octanol–water partition coefficient (Wildman–Crippen LogP) is 1.25. The molecule has 0 unspecified atom stereocenters. The fraction of sp³-hybridized carbons (Fsp3) is 0.591. The first-order valence-electron chi connectivity index (χ1n) is 12.9. The maximum absolute atomic E-state index is 5.76. The van der Waals surface area contributed by atoms with Crippen molar-refractivity contribution in [1.29, 1.82) is 0 Å². The molecule has 16 nitrogen and oxygen atoms in total. The van der Waals surface area contributed by atoms with Gasteiger partial charge in [-0.2, -0.15) is 44.9 Å². The van der Waals surface area contributed by atoms with Crippen molar-refractivity contribution in [2.75, 3.05) is 77.4 Å². The van der Waals surface area contributed by atoms with Gasteiger partial charge >= 0.3 is 0 Å². The maximum atomic E-state index is 5.76. The number of nitrogens with zero attached hydrogens (tertiary/aromatic N) is 9. The monoisotopic (exact) mass is 526 g/mol. The van der Waals surface area contributed by atoms with E-state index in [0.29, 0.717) is 80.5 Å². The Morgan fingerprint density at radius 3 is 1.32 bits per heavy atom. The third-order valence-corrected chi connectivity index (χ3v) is 4.96. The fourth-order valence-electron chi connectivity index (χ4n) is 3.33. The summed E-state index contributed by atoms with van der Waals surface area (Å²) >= 11 is 0. The number of anilines is 7. The Bertz CT molecular complexity index is 1140. The lowest BCUT2D eigenvalue weighted by Crippen LogP contribution is -2.15. The van der Waals surface area contributed by atoms with Gasteiger partial charge in [-0.05, 0) is 33.6 Å².